The van der Waals surface area contributed by atoms with Gasteiger partial charge in [0.05, 0.1) is 18.6 Å². The molecule has 1 fully saturated rings. The van der Waals surface area contributed by atoms with Gasteiger partial charge < -0.3 is 19.5 Å². The van der Waals surface area contributed by atoms with Crippen LogP contribution in [0.1, 0.15) is 104 Å². The number of amides is 1. The predicted octanol–water partition coefficient (Wildman–Crippen LogP) is 6.90. The lowest BCUT2D eigenvalue weighted by Crippen LogP contribution is -2.45. The summed E-state index contributed by atoms with van der Waals surface area (Å²) in [5.41, 5.74) is 6.46. The number of aliphatic carboxylic acids is 1. The summed E-state index contributed by atoms with van der Waals surface area (Å²) in [6.45, 7) is 12.3. The number of carbonyl (C=O) groups excluding carboxylic acids is 1. The molecule has 1 atom stereocenters. The van der Waals surface area contributed by atoms with Gasteiger partial charge in [0, 0.05) is 23.7 Å². The van der Waals surface area contributed by atoms with E-state index in [2.05, 4.69) is 0 Å². The lowest BCUT2D eigenvalue weighted by molar-refractivity contribution is -0.160. The quantitative estimate of drug-likeness (QED) is 0.437. The minimum Gasteiger partial charge on any atom is -0.490 e. The Hall–Kier alpha value is -2.93. The van der Waals surface area contributed by atoms with Gasteiger partial charge in [-0.1, -0.05) is 19.3 Å². The summed E-state index contributed by atoms with van der Waals surface area (Å²) in [4.78, 5) is 28.3. The van der Waals surface area contributed by atoms with Gasteiger partial charge in [-0.15, -0.1) is 0 Å². The summed E-state index contributed by atoms with van der Waals surface area (Å²) >= 11 is 0. The highest BCUT2D eigenvalue weighted by Crippen LogP contribution is 2.46. The second-order valence-electron chi connectivity index (χ2n) is 12.7. The Morgan fingerprint density at radius 1 is 1.05 bits per heavy atom. The van der Waals surface area contributed by atoms with Crippen LogP contribution in [0.5, 0.6) is 5.75 Å². The van der Waals surface area contributed by atoms with Crippen molar-refractivity contribution in [2.24, 2.45) is 0 Å². The van der Waals surface area contributed by atoms with Crippen LogP contribution >= 0.6 is 0 Å². The number of rotatable bonds is 5. The van der Waals surface area contributed by atoms with E-state index in [0.717, 1.165) is 65.5 Å². The van der Waals surface area contributed by atoms with Crippen LogP contribution in [0.2, 0.25) is 0 Å². The number of ether oxygens (including phenoxy) is 2. The van der Waals surface area contributed by atoms with Gasteiger partial charge in [0.25, 0.3) is 0 Å². The summed E-state index contributed by atoms with van der Waals surface area (Å²) < 4.78 is 27.5. The summed E-state index contributed by atoms with van der Waals surface area (Å²) in [6, 6.07) is 1.73. The fourth-order valence-corrected chi connectivity index (χ4v) is 7.02. The van der Waals surface area contributed by atoms with Crippen molar-refractivity contribution in [1.29, 1.82) is 0 Å². The van der Waals surface area contributed by atoms with Gasteiger partial charge in [0.1, 0.15) is 0 Å². The monoisotopic (exact) mass is 551 g/mol. The molecule has 6 nitrogen and oxygen atoms in total. The summed E-state index contributed by atoms with van der Waals surface area (Å²) in [5, 5.41) is 10.5. The Bertz CT molecular complexity index is 1350. The van der Waals surface area contributed by atoms with Crippen molar-refractivity contribution in [3.8, 4) is 16.9 Å². The van der Waals surface area contributed by atoms with Crippen LogP contribution in [-0.2, 0) is 33.7 Å². The fourth-order valence-electron chi connectivity index (χ4n) is 7.02. The number of carboxylic acid groups (broad SMARTS) is 1. The Kier molecular flexibility index (Phi) is 7.73. The second-order valence-corrected chi connectivity index (χ2v) is 12.7. The number of carboxylic acids is 1. The van der Waals surface area contributed by atoms with E-state index >= 15 is 4.39 Å². The zero-order valence-electron chi connectivity index (χ0n) is 24.7. The molecule has 0 aromatic heterocycles. The summed E-state index contributed by atoms with van der Waals surface area (Å²) in [5.74, 6) is -1.14. The maximum atomic E-state index is 15.6. The molecule has 0 spiro atoms. The van der Waals surface area contributed by atoms with Crippen LogP contribution in [0.15, 0.2) is 6.07 Å². The van der Waals surface area contributed by atoms with Crippen molar-refractivity contribution >= 4 is 11.9 Å². The van der Waals surface area contributed by atoms with Gasteiger partial charge in [-0.25, -0.2) is 9.18 Å². The molecule has 2 heterocycles. The van der Waals surface area contributed by atoms with E-state index in [4.69, 9.17) is 9.47 Å². The molecule has 1 unspecified atom stereocenters. The highest BCUT2D eigenvalue weighted by Gasteiger charge is 2.38. The van der Waals surface area contributed by atoms with Gasteiger partial charge in [-0.05, 0) is 112 Å². The van der Waals surface area contributed by atoms with E-state index < -0.39 is 23.5 Å². The lowest BCUT2D eigenvalue weighted by Gasteiger charge is -2.40. The molecule has 0 saturated heterocycles. The molecule has 2 aromatic carbocycles. The molecular formula is C33H42FNO5. The Balaban J connectivity index is 1.77. The van der Waals surface area contributed by atoms with Crippen molar-refractivity contribution in [2.45, 2.75) is 117 Å². The molecule has 2 aliphatic heterocycles. The van der Waals surface area contributed by atoms with Gasteiger partial charge >= 0.3 is 5.97 Å². The van der Waals surface area contributed by atoms with Gasteiger partial charge in [-0.2, -0.15) is 0 Å². The molecule has 0 bridgehead atoms. The fraction of sp³-hybridized carbons (Fsp3) is 0.576. The molecular weight excluding hydrogens is 509 g/mol. The molecule has 3 aliphatic rings. The van der Waals surface area contributed by atoms with E-state index in [-0.39, 0.29) is 18.4 Å². The normalized spacial score (nSPS) is 18.7. The number of nitrogens with zero attached hydrogens (tertiary/aromatic N) is 1. The van der Waals surface area contributed by atoms with Gasteiger partial charge in [0.2, 0.25) is 5.91 Å². The summed E-state index contributed by atoms with van der Waals surface area (Å²) in [7, 11) is 0. The maximum absolute atomic E-state index is 15.6. The van der Waals surface area contributed by atoms with Gasteiger partial charge in [0.15, 0.2) is 17.7 Å². The zero-order valence-corrected chi connectivity index (χ0v) is 24.7. The van der Waals surface area contributed by atoms with Crippen molar-refractivity contribution in [3.05, 3.63) is 50.8 Å². The average molecular weight is 552 g/mol. The Morgan fingerprint density at radius 3 is 2.40 bits per heavy atom. The van der Waals surface area contributed by atoms with E-state index in [1.165, 1.54) is 12.5 Å². The first kappa shape index (κ1) is 28.6. The van der Waals surface area contributed by atoms with Crippen LogP contribution in [-0.4, -0.2) is 40.1 Å². The second kappa shape index (κ2) is 10.8. The van der Waals surface area contributed by atoms with Crippen LogP contribution in [0.4, 0.5) is 4.39 Å². The molecule has 0 radical (unpaired) electrons. The molecule has 2 aromatic rings. The SMILES string of the molecule is Cc1c(-c2c(C)c3c(c(C)c2C(OC(C)(C)C)C(=O)O)CC(=O)N(C2CCCCC2)C3)cc(F)c2c1CCCO2. The van der Waals surface area contributed by atoms with Crippen LogP contribution in [0.25, 0.3) is 11.1 Å². The number of fused-ring (bicyclic) bond motifs is 2. The lowest BCUT2D eigenvalue weighted by atomic mass is 9.78. The minimum atomic E-state index is -1.28. The first-order chi connectivity index (χ1) is 18.9. The number of carbonyl (C=O) groups is 2. The molecule has 40 heavy (non-hydrogen) atoms. The predicted molar refractivity (Wildman–Crippen MR) is 152 cm³/mol. The first-order valence-corrected chi connectivity index (χ1v) is 14.7. The van der Waals surface area contributed by atoms with Crippen LogP contribution < -0.4 is 4.74 Å². The number of hydrogen-bond donors (Lipinski definition) is 1. The molecule has 1 saturated carbocycles. The van der Waals surface area contributed by atoms with E-state index in [1.54, 1.807) is 0 Å². The molecule has 7 heteroatoms. The topological polar surface area (TPSA) is 76.1 Å². The highest BCUT2D eigenvalue weighted by molar-refractivity contribution is 5.89. The minimum absolute atomic E-state index is 0.0948. The molecule has 216 valence electrons. The first-order valence-electron chi connectivity index (χ1n) is 14.7. The molecule has 1 amide bonds. The van der Waals surface area contributed by atoms with Crippen LogP contribution in [0.3, 0.4) is 0 Å². The van der Waals surface area contributed by atoms with Crippen molar-refractivity contribution in [1.82, 2.24) is 4.90 Å². The zero-order chi connectivity index (χ0) is 28.9. The number of benzene rings is 2. The summed E-state index contributed by atoms with van der Waals surface area (Å²) in [6.07, 6.45) is 5.95. The average Bonchev–Trinajstić information content (AvgIpc) is 2.91. The Labute approximate surface area is 236 Å². The smallest absolute Gasteiger partial charge is 0.337 e. The van der Waals surface area contributed by atoms with Crippen molar-refractivity contribution in [2.75, 3.05) is 6.61 Å². The molecule has 1 aliphatic carbocycles. The third-order valence-corrected chi connectivity index (χ3v) is 8.97. The van der Waals surface area contributed by atoms with E-state index in [0.29, 0.717) is 42.0 Å². The standard InChI is InChI=1S/C33H42FNO5/c1-18-22-13-10-14-39-30(22)26(34)15-24(18)28-20(3)25-17-35(21-11-8-7-9-12-21)27(36)16-23(25)19(2)29(28)31(32(37)38)40-33(4,5)6/h15,21,31H,7-14,16-17H2,1-6H3,(H,37,38). The van der Waals surface area contributed by atoms with Crippen LogP contribution in [0, 0.1) is 26.6 Å². The highest BCUT2D eigenvalue weighted by atomic mass is 19.1. The van der Waals surface area contributed by atoms with Crippen molar-refractivity contribution < 1.29 is 28.6 Å². The third-order valence-electron chi connectivity index (χ3n) is 8.97. The number of halogens is 1. The third kappa shape index (κ3) is 5.13. The van der Waals surface area contributed by atoms with E-state index in [9.17, 15) is 14.7 Å². The molecule has 5 rings (SSSR count). The van der Waals surface area contributed by atoms with Gasteiger partial charge in [-0.3, -0.25) is 4.79 Å². The van der Waals surface area contributed by atoms with E-state index in [1.807, 2.05) is 46.4 Å². The Morgan fingerprint density at radius 2 is 1.75 bits per heavy atom. The number of hydrogen-bond acceptors (Lipinski definition) is 4. The maximum Gasteiger partial charge on any atom is 0.337 e. The molecule has 1 N–H and O–H groups in total. The largest absolute Gasteiger partial charge is 0.490 e. The van der Waals surface area contributed by atoms with Crippen molar-refractivity contribution in [3.63, 3.8) is 0 Å².